The minimum absolute atomic E-state index is 0.111. The number of amides is 2. The molecule has 1 aromatic rings. The Bertz CT molecular complexity index is 533. The lowest BCUT2D eigenvalue weighted by Crippen LogP contribution is -2.52. The fraction of sp³-hybridized carbons (Fsp3) is 0.500. The third-order valence-electron chi connectivity index (χ3n) is 3.81. The van der Waals surface area contributed by atoms with Crippen LogP contribution in [-0.4, -0.2) is 61.2 Å². The number of para-hydroxylation sites is 1. The van der Waals surface area contributed by atoms with Gasteiger partial charge in [0.1, 0.15) is 0 Å². The van der Waals surface area contributed by atoms with Crippen LogP contribution in [0.2, 0.25) is 0 Å². The van der Waals surface area contributed by atoms with Crippen molar-refractivity contribution in [3.8, 4) is 0 Å². The lowest BCUT2D eigenvalue weighted by Gasteiger charge is -2.22. The monoisotopic (exact) mass is 305 g/mol. The number of hydrogen-bond donors (Lipinski definition) is 2. The molecule has 1 atom stereocenters. The molecule has 1 aromatic carbocycles. The maximum absolute atomic E-state index is 12.4. The fourth-order valence-electron chi connectivity index (χ4n) is 2.51. The molecule has 1 aliphatic rings. The van der Waals surface area contributed by atoms with Crippen LogP contribution in [0.1, 0.15) is 12.8 Å². The van der Waals surface area contributed by atoms with Gasteiger partial charge >= 0.3 is 0 Å². The highest BCUT2D eigenvalue weighted by Gasteiger charge is 2.51. The second-order valence-corrected chi connectivity index (χ2v) is 5.82. The quantitative estimate of drug-likeness (QED) is 0.583. The Morgan fingerprint density at radius 3 is 2.68 bits per heavy atom. The van der Waals surface area contributed by atoms with Gasteiger partial charge in [0.05, 0.1) is 0 Å². The first-order valence-electron chi connectivity index (χ1n) is 7.47. The maximum Gasteiger partial charge on any atom is 0.268 e. The molecule has 0 bridgehead atoms. The highest BCUT2D eigenvalue weighted by molar-refractivity contribution is 6.16. The van der Waals surface area contributed by atoms with Gasteiger partial charge in [0.15, 0.2) is 0 Å². The van der Waals surface area contributed by atoms with Gasteiger partial charge in [0, 0.05) is 25.2 Å². The van der Waals surface area contributed by atoms with Gasteiger partial charge in [0.2, 0.25) is 5.60 Å². The zero-order valence-electron chi connectivity index (χ0n) is 13.1. The number of hydrogen-bond acceptors (Lipinski definition) is 4. The van der Waals surface area contributed by atoms with Crippen LogP contribution in [0.25, 0.3) is 0 Å². The Morgan fingerprint density at radius 1 is 1.36 bits per heavy atom. The summed E-state index contributed by atoms with van der Waals surface area (Å²) in [5.74, 6) is -1.15. The van der Waals surface area contributed by atoms with E-state index < -0.39 is 17.4 Å². The summed E-state index contributed by atoms with van der Waals surface area (Å²) in [4.78, 5) is 28.1. The average Bonchev–Trinajstić information content (AvgIpc) is 2.81. The second kappa shape index (κ2) is 6.89. The van der Waals surface area contributed by atoms with Gasteiger partial charge in [-0.25, -0.2) is 0 Å². The Balaban J connectivity index is 1.96. The van der Waals surface area contributed by atoms with Gasteiger partial charge in [-0.1, -0.05) is 18.2 Å². The van der Waals surface area contributed by atoms with Crippen molar-refractivity contribution >= 4 is 17.5 Å². The van der Waals surface area contributed by atoms with E-state index in [4.69, 9.17) is 0 Å². The first kappa shape index (κ1) is 16.5. The van der Waals surface area contributed by atoms with Crippen LogP contribution in [0.5, 0.6) is 0 Å². The summed E-state index contributed by atoms with van der Waals surface area (Å²) in [7, 11) is 3.90. The average molecular weight is 305 g/mol. The molecule has 120 valence electrons. The maximum atomic E-state index is 12.4. The van der Waals surface area contributed by atoms with Crippen molar-refractivity contribution < 1.29 is 14.7 Å². The molecule has 0 spiro atoms. The summed E-state index contributed by atoms with van der Waals surface area (Å²) in [5, 5.41) is 13.1. The third kappa shape index (κ3) is 3.45. The van der Waals surface area contributed by atoms with Crippen LogP contribution >= 0.6 is 0 Å². The van der Waals surface area contributed by atoms with Crippen molar-refractivity contribution in [2.75, 3.05) is 38.6 Å². The van der Waals surface area contributed by atoms with E-state index in [0.29, 0.717) is 18.8 Å². The molecule has 1 heterocycles. The number of benzene rings is 1. The SMILES string of the molecule is CN(C)CCCNC(=O)C1(O)CCN(c2ccccc2)C1=O. The Labute approximate surface area is 130 Å². The predicted octanol–water partition coefficient (Wildman–Crippen LogP) is 0.222. The summed E-state index contributed by atoms with van der Waals surface area (Å²) >= 11 is 0. The van der Waals surface area contributed by atoms with Crippen molar-refractivity contribution in [3.63, 3.8) is 0 Å². The predicted molar refractivity (Wildman–Crippen MR) is 84.5 cm³/mol. The highest BCUT2D eigenvalue weighted by Crippen LogP contribution is 2.28. The van der Waals surface area contributed by atoms with E-state index in [2.05, 4.69) is 5.32 Å². The molecule has 0 radical (unpaired) electrons. The molecule has 1 fully saturated rings. The molecule has 6 heteroatoms. The molecule has 1 unspecified atom stereocenters. The summed E-state index contributed by atoms with van der Waals surface area (Å²) in [6.45, 7) is 1.62. The molecule has 2 rings (SSSR count). The summed E-state index contributed by atoms with van der Waals surface area (Å²) in [6, 6.07) is 9.08. The van der Waals surface area contributed by atoms with Crippen molar-refractivity contribution in [3.05, 3.63) is 30.3 Å². The van der Waals surface area contributed by atoms with Crippen LogP contribution in [0.4, 0.5) is 5.69 Å². The normalized spacial score (nSPS) is 21.5. The van der Waals surface area contributed by atoms with E-state index in [-0.39, 0.29) is 6.42 Å². The molecule has 0 saturated carbocycles. The number of aliphatic hydroxyl groups is 1. The number of nitrogens with zero attached hydrogens (tertiary/aromatic N) is 2. The molecular formula is C16H23N3O3. The Morgan fingerprint density at radius 2 is 2.05 bits per heavy atom. The van der Waals surface area contributed by atoms with Crippen molar-refractivity contribution in [1.29, 1.82) is 0 Å². The van der Waals surface area contributed by atoms with Gasteiger partial charge in [-0.05, 0) is 39.2 Å². The number of carbonyl (C=O) groups excluding carboxylic acids is 2. The second-order valence-electron chi connectivity index (χ2n) is 5.82. The van der Waals surface area contributed by atoms with Crippen molar-refractivity contribution in [2.24, 2.45) is 0 Å². The zero-order chi connectivity index (χ0) is 16.2. The van der Waals surface area contributed by atoms with Crippen molar-refractivity contribution in [2.45, 2.75) is 18.4 Å². The van der Waals surface area contributed by atoms with Crippen LogP contribution in [-0.2, 0) is 9.59 Å². The molecule has 2 amide bonds. The van der Waals surface area contributed by atoms with Crippen LogP contribution in [0.15, 0.2) is 30.3 Å². The lowest BCUT2D eigenvalue weighted by molar-refractivity contribution is -0.149. The van der Waals surface area contributed by atoms with Gasteiger partial charge in [-0.3, -0.25) is 9.59 Å². The highest BCUT2D eigenvalue weighted by atomic mass is 16.3. The molecule has 22 heavy (non-hydrogen) atoms. The van der Waals surface area contributed by atoms with E-state index in [1.54, 1.807) is 12.1 Å². The van der Waals surface area contributed by atoms with Gasteiger partial charge < -0.3 is 20.2 Å². The minimum Gasteiger partial charge on any atom is -0.372 e. The first-order chi connectivity index (χ1) is 10.4. The van der Waals surface area contributed by atoms with E-state index >= 15 is 0 Å². The van der Waals surface area contributed by atoms with E-state index in [0.717, 1.165) is 13.0 Å². The van der Waals surface area contributed by atoms with Crippen LogP contribution in [0, 0.1) is 0 Å². The summed E-state index contributed by atoms with van der Waals surface area (Å²) in [6.07, 6.45) is 0.881. The first-order valence-corrected chi connectivity index (χ1v) is 7.47. The number of carbonyl (C=O) groups is 2. The van der Waals surface area contributed by atoms with E-state index in [1.807, 2.05) is 37.2 Å². The lowest BCUT2D eigenvalue weighted by atomic mass is 10.0. The fourth-order valence-corrected chi connectivity index (χ4v) is 2.51. The largest absolute Gasteiger partial charge is 0.372 e. The molecule has 0 aliphatic carbocycles. The van der Waals surface area contributed by atoms with Crippen LogP contribution in [0.3, 0.4) is 0 Å². The topological polar surface area (TPSA) is 72.9 Å². The minimum atomic E-state index is -1.95. The van der Waals surface area contributed by atoms with Gasteiger partial charge in [0.25, 0.3) is 11.8 Å². The molecular weight excluding hydrogens is 282 g/mol. The molecule has 1 aliphatic heterocycles. The molecule has 1 saturated heterocycles. The Kier molecular flexibility index (Phi) is 5.15. The van der Waals surface area contributed by atoms with Gasteiger partial charge in [-0.15, -0.1) is 0 Å². The number of rotatable bonds is 6. The smallest absolute Gasteiger partial charge is 0.268 e. The molecule has 0 aromatic heterocycles. The number of nitrogens with one attached hydrogen (secondary N) is 1. The zero-order valence-corrected chi connectivity index (χ0v) is 13.1. The summed E-state index contributed by atoms with van der Waals surface area (Å²) < 4.78 is 0. The third-order valence-corrected chi connectivity index (χ3v) is 3.81. The van der Waals surface area contributed by atoms with Crippen LogP contribution < -0.4 is 10.2 Å². The standard InChI is InChI=1S/C16H23N3O3/c1-18(2)11-6-10-17-14(20)16(22)9-12-19(15(16)21)13-7-4-3-5-8-13/h3-5,7-8,22H,6,9-12H2,1-2H3,(H,17,20). The van der Waals surface area contributed by atoms with Crippen molar-refractivity contribution in [1.82, 2.24) is 10.2 Å². The molecule has 6 nitrogen and oxygen atoms in total. The van der Waals surface area contributed by atoms with E-state index in [9.17, 15) is 14.7 Å². The van der Waals surface area contributed by atoms with E-state index in [1.165, 1.54) is 4.90 Å². The number of anilines is 1. The summed E-state index contributed by atoms with van der Waals surface area (Å²) in [5.41, 5.74) is -1.25. The van der Waals surface area contributed by atoms with Gasteiger partial charge in [-0.2, -0.15) is 0 Å². The Hall–Kier alpha value is -1.92. The molecule has 2 N–H and O–H groups in total.